The monoisotopic (exact) mass is 195 g/mol. The lowest BCUT2D eigenvalue weighted by atomic mass is 10.2. The van der Waals surface area contributed by atoms with Crippen molar-refractivity contribution in [1.82, 2.24) is 4.90 Å². The Morgan fingerprint density at radius 3 is 2.71 bits per heavy atom. The van der Waals surface area contributed by atoms with Crippen LogP contribution in [-0.4, -0.2) is 22.5 Å². The lowest BCUT2D eigenvalue weighted by molar-refractivity contribution is 0.0390. The summed E-state index contributed by atoms with van der Waals surface area (Å²) >= 11 is 0. The Bertz CT molecular complexity index is 319. The SMILES string of the molecule is CC(C)(C)OC(=O)N1C=CCC1=C=O. The molecule has 0 saturated heterocycles. The summed E-state index contributed by atoms with van der Waals surface area (Å²) in [6, 6.07) is 0. The minimum atomic E-state index is -0.554. The van der Waals surface area contributed by atoms with Crippen LogP contribution in [0.4, 0.5) is 4.79 Å². The highest BCUT2D eigenvalue weighted by atomic mass is 16.6. The van der Waals surface area contributed by atoms with Crippen LogP contribution in [0.25, 0.3) is 0 Å². The van der Waals surface area contributed by atoms with Gasteiger partial charge in [0.15, 0.2) is 0 Å². The molecule has 1 rings (SSSR count). The van der Waals surface area contributed by atoms with Crippen LogP contribution >= 0.6 is 0 Å². The fourth-order valence-corrected chi connectivity index (χ4v) is 1.03. The first-order valence-electron chi connectivity index (χ1n) is 4.37. The first-order chi connectivity index (χ1) is 6.44. The van der Waals surface area contributed by atoms with Gasteiger partial charge in [-0.2, -0.15) is 0 Å². The smallest absolute Gasteiger partial charge is 0.419 e. The summed E-state index contributed by atoms with van der Waals surface area (Å²) in [6.07, 6.45) is 3.13. The van der Waals surface area contributed by atoms with Crippen LogP contribution in [0.2, 0.25) is 0 Å². The van der Waals surface area contributed by atoms with Crippen molar-refractivity contribution < 1.29 is 14.3 Å². The summed E-state index contributed by atoms with van der Waals surface area (Å²) in [6.45, 7) is 5.32. The number of nitrogens with zero attached hydrogens (tertiary/aromatic N) is 1. The van der Waals surface area contributed by atoms with Crippen molar-refractivity contribution in [3.63, 3.8) is 0 Å². The van der Waals surface area contributed by atoms with Crippen LogP contribution in [0, 0.1) is 0 Å². The molecule has 1 aliphatic rings. The second-order valence-corrected chi connectivity index (χ2v) is 3.99. The van der Waals surface area contributed by atoms with Gasteiger partial charge in [0.25, 0.3) is 0 Å². The van der Waals surface area contributed by atoms with Crippen LogP contribution in [0.3, 0.4) is 0 Å². The van der Waals surface area contributed by atoms with E-state index in [2.05, 4.69) is 0 Å². The molecule has 0 saturated carbocycles. The predicted molar refractivity (Wildman–Crippen MR) is 51.0 cm³/mol. The summed E-state index contributed by atoms with van der Waals surface area (Å²) < 4.78 is 5.09. The van der Waals surface area contributed by atoms with Crippen LogP contribution in [0.5, 0.6) is 0 Å². The average Bonchev–Trinajstić information content (AvgIpc) is 2.47. The van der Waals surface area contributed by atoms with E-state index in [0.29, 0.717) is 12.1 Å². The summed E-state index contributed by atoms with van der Waals surface area (Å²) in [4.78, 5) is 23.1. The van der Waals surface area contributed by atoms with Crippen LogP contribution in [0.15, 0.2) is 18.0 Å². The van der Waals surface area contributed by atoms with E-state index in [4.69, 9.17) is 4.74 Å². The standard InChI is InChI=1S/C10H13NO3/c1-10(2,3)14-9(13)11-6-4-5-8(11)7-12/h4,6H,5H2,1-3H3. The van der Waals surface area contributed by atoms with Crippen molar-refractivity contribution in [2.45, 2.75) is 32.8 Å². The van der Waals surface area contributed by atoms with E-state index in [-0.39, 0.29) is 0 Å². The lowest BCUT2D eigenvalue weighted by Crippen LogP contribution is -2.31. The van der Waals surface area contributed by atoms with Crippen LogP contribution in [-0.2, 0) is 9.53 Å². The number of amides is 1. The van der Waals surface area contributed by atoms with Gasteiger partial charge in [-0.15, -0.1) is 0 Å². The minimum absolute atomic E-state index is 0.291. The molecule has 0 radical (unpaired) electrons. The molecule has 0 bridgehead atoms. The molecule has 0 fully saturated rings. The molecular formula is C10H13NO3. The zero-order valence-electron chi connectivity index (χ0n) is 8.53. The Kier molecular flexibility index (Phi) is 2.77. The molecule has 0 atom stereocenters. The van der Waals surface area contributed by atoms with Crippen molar-refractivity contribution in [2.75, 3.05) is 0 Å². The molecule has 76 valence electrons. The third-order valence-corrected chi connectivity index (χ3v) is 1.56. The topological polar surface area (TPSA) is 46.6 Å². The van der Waals surface area contributed by atoms with Gasteiger partial charge < -0.3 is 4.74 Å². The Morgan fingerprint density at radius 1 is 1.57 bits per heavy atom. The number of carbonyl (C=O) groups is 1. The number of hydrogen-bond acceptors (Lipinski definition) is 3. The largest absolute Gasteiger partial charge is 0.443 e. The van der Waals surface area contributed by atoms with Crippen molar-refractivity contribution in [3.05, 3.63) is 18.0 Å². The highest BCUT2D eigenvalue weighted by Crippen LogP contribution is 2.19. The molecule has 0 spiro atoms. The third kappa shape index (κ3) is 2.47. The Balaban J connectivity index is 2.71. The lowest BCUT2D eigenvalue weighted by Gasteiger charge is -2.23. The Hall–Kier alpha value is -1.54. The van der Waals surface area contributed by atoms with E-state index >= 15 is 0 Å². The van der Waals surface area contributed by atoms with E-state index in [1.54, 1.807) is 32.8 Å². The molecule has 0 aromatic rings. The summed E-state index contributed by atoms with van der Waals surface area (Å²) in [5.41, 5.74) is -0.263. The van der Waals surface area contributed by atoms with Gasteiger partial charge >= 0.3 is 6.09 Å². The van der Waals surface area contributed by atoms with Gasteiger partial charge in [-0.25, -0.2) is 14.5 Å². The maximum Gasteiger partial charge on any atom is 0.419 e. The normalized spacial score (nSPS) is 15.6. The number of allylic oxidation sites excluding steroid dienone is 1. The molecule has 1 heterocycles. The molecule has 1 amide bonds. The molecular weight excluding hydrogens is 182 g/mol. The molecule has 4 nitrogen and oxygen atoms in total. The number of carbonyl (C=O) groups excluding carboxylic acids is 2. The maximum atomic E-state index is 11.5. The van der Waals surface area contributed by atoms with Crippen molar-refractivity contribution in [3.8, 4) is 0 Å². The van der Waals surface area contributed by atoms with E-state index in [9.17, 15) is 9.59 Å². The first kappa shape index (κ1) is 10.5. The molecule has 0 aromatic heterocycles. The van der Waals surface area contributed by atoms with Gasteiger partial charge in [0.2, 0.25) is 0 Å². The zero-order chi connectivity index (χ0) is 10.8. The molecule has 14 heavy (non-hydrogen) atoms. The summed E-state index contributed by atoms with van der Waals surface area (Å²) in [5, 5.41) is 0. The van der Waals surface area contributed by atoms with Crippen molar-refractivity contribution in [1.29, 1.82) is 0 Å². The molecule has 1 aliphatic heterocycles. The fraction of sp³-hybridized carbons (Fsp3) is 0.500. The van der Waals surface area contributed by atoms with Gasteiger partial charge in [0.05, 0.1) is 0 Å². The summed E-state index contributed by atoms with van der Waals surface area (Å²) in [7, 11) is 0. The van der Waals surface area contributed by atoms with E-state index in [1.165, 1.54) is 11.1 Å². The second kappa shape index (κ2) is 3.68. The van der Waals surface area contributed by atoms with Gasteiger partial charge in [0.1, 0.15) is 17.2 Å². The van der Waals surface area contributed by atoms with Crippen LogP contribution < -0.4 is 0 Å². The van der Waals surface area contributed by atoms with Gasteiger partial charge in [-0.1, -0.05) is 6.08 Å². The highest BCUT2D eigenvalue weighted by Gasteiger charge is 2.25. The van der Waals surface area contributed by atoms with Crippen LogP contribution in [0.1, 0.15) is 27.2 Å². The second-order valence-electron chi connectivity index (χ2n) is 3.99. The number of rotatable bonds is 0. The Labute approximate surface area is 82.8 Å². The average molecular weight is 195 g/mol. The third-order valence-electron chi connectivity index (χ3n) is 1.56. The molecule has 0 N–H and O–H groups in total. The molecule has 4 heteroatoms. The number of ether oxygens (including phenoxy) is 1. The molecule has 0 aromatic carbocycles. The molecule has 0 unspecified atom stereocenters. The maximum absolute atomic E-state index is 11.5. The van der Waals surface area contributed by atoms with Gasteiger partial charge in [-0.3, -0.25) is 0 Å². The minimum Gasteiger partial charge on any atom is -0.443 e. The van der Waals surface area contributed by atoms with E-state index in [0.717, 1.165) is 0 Å². The fourth-order valence-electron chi connectivity index (χ4n) is 1.03. The highest BCUT2D eigenvalue weighted by molar-refractivity contribution is 5.76. The molecule has 0 aliphatic carbocycles. The van der Waals surface area contributed by atoms with E-state index < -0.39 is 11.7 Å². The Morgan fingerprint density at radius 2 is 2.21 bits per heavy atom. The van der Waals surface area contributed by atoms with Gasteiger partial charge in [-0.05, 0) is 20.8 Å². The van der Waals surface area contributed by atoms with Gasteiger partial charge in [0, 0.05) is 12.6 Å². The summed E-state index contributed by atoms with van der Waals surface area (Å²) in [5.74, 6) is 1.71. The number of hydrogen-bond donors (Lipinski definition) is 0. The quantitative estimate of drug-likeness (QED) is 0.554. The van der Waals surface area contributed by atoms with Crippen molar-refractivity contribution >= 4 is 12.0 Å². The predicted octanol–water partition coefficient (Wildman–Crippen LogP) is 1.86. The van der Waals surface area contributed by atoms with E-state index in [1.807, 2.05) is 0 Å². The van der Waals surface area contributed by atoms with Crippen molar-refractivity contribution in [2.24, 2.45) is 0 Å². The zero-order valence-corrected chi connectivity index (χ0v) is 8.53. The first-order valence-corrected chi connectivity index (χ1v) is 4.37.